The maximum Gasteiger partial charge on any atom is 0.343 e. The van der Waals surface area contributed by atoms with Gasteiger partial charge in [-0.2, -0.15) is 5.10 Å². The minimum Gasteiger partial charge on any atom is -0.494 e. The van der Waals surface area contributed by atoms with Gasteiger partial charge in [0.05, 0.1) is 36.7 Å². The van der Waals surface area contributed by atoms with Crippen LogP contribution in [0.3, 0.4) is 0 Å². The second kappa shape index (κ2) is 16.0. The number of unbranched alkanes of at least 4 members (excludes halogenated alkanes) is 1. The molecule has 0 saturated heterocycles. The number of nitrogens with one attached hydrogen (secondary N) is 3. The molecule has 11 nitrogen and oxygen atoms in total. The highest BCUT2D eigenvalue weighted by Gasteiger charge is 2.18. The van der Waals surface area contributed by atoms with Crippen molar-refractivity contribution in [2.75, 3.05) is 24.4 Å². The number of ether oxygens (including phenoxy) is 3. The first kappa shape index (κ1) is 32.0. The maximum absolute atomic E-state index is 12.7. The van der Waals surface area contributed by atoms with Gasteiger partial charge in [-0.3, -0.25) is 14.4 Å². The first-order valence-corrected chi connectivity index (χ1v) is 14.1. The van der Waals surface area contributed by atoms with Crippen molar-refractivity contribution in [2.45, 2.75) is 19.8 Å². The number of rotatable bonds is 12. The van der Waals surface area contributed by atoms with E-state index in [0.717, 1.165) is 12.8 Å². The Balaban J connectivity index is 1.32. The van der Waals surface area contributed by atoms with Gasteiger partial charge in [-0.15, -0.1) is 0 Å². The number of anilines is 2. The van der Waals surface area contributed by atoms with Crippen molar-refractivity contribution in [1.29, 1.82) is 0 Å². The molecule has 4 aromatic carbocycles. The lowest BCUT2D eigenvalue weighted by Crippen LogP contribution is -2.33. The Kier molecular flexibility index (Phi) is 11.4. The summed E-state index contributed by atoms with van der Waals surface area (Å²) in [7, 11) is 1.42. The summed E-state index contributed by atoms with van der Waals surface area (Å²) < 4.78 is 16.5. The summed E-state index contributed by atoms with van der Waals surface area (Å²) in [4.78, 5) is 50.3. The van der Waals surface area contributed by atoms with Crippen LogP contribution in [0.4, 0.5) is 11.4 Å². The van der Waals surface area contributed by atoms with Crippen LogP contribution < -0.4 is 30.3 Å². The lowest BCUT2D eigenvalue weighted by Gasteiger charge is -2.11. The van der Waals surface area contributed by atoms with E-state index >= 15 is 0 Å². The Labute approximate surface area is 260 Å². The van der Waals surface area contributed by atoms with Gasteiger partial charge in [0.25, 0.3) is 5.91 Å². The van der Waals surface area contributed by atoms with Gasteiger partial charge in [-0.05, 0) is 78.7 Å². The molecule has 0 heterocycles. The average Bonchev–Trinajstić information content (AvgIpc) is 3.06. The van der Waals surface area contributed by atoms with Crippen molar-refractivity contribution in [2.24, 2.45) is 5.10 Å². The summed E-state index contributed by atoms with van der Waals surface area (Å²) in [6.45, 7) is 2.68. The van der Waals surface area contributed by atoms with E-state index in [-0.39, 0.29) is 22.7 Å². The van der Waals surface area contributed by atoms with Crippen LogP contribution in [0.5, 0.6) is 17.2 Å². The molecule has 11 heteroatoms. The van der Waals surface area contributed by atoms with Crippen LogP contribution in [0, 0.1) is 0 Å². The molecule has 0 fully saturated rings. The molecule has 230 valence electrons. The van der Waals surface area contributed by atoms with E-state index < -0.39 is 23.7 Å². The standard InChI is InChI=1S/C34H32N4O7/c1-3-4-20-44-26-17-15-24(16-18-26)34(42)45-29-19-14-23(21-30(29)43-2)22-35-38-33(41)32(40)37-28-13-9-8-12-27(28)31(39)36-25-10-6-5-7-11-25/h5-19,21-22H,3-4,20H2,1-2H3,(H,36,39)(H,37,40)(H,38,41)/b35-22+. The molecule has 0 unspecified atom stereocenters. The molecular formula is C34H32N4O7. The SMILES string of the molecule is CCCCOc1ccc(C(=O)Oc2ccc(/C=N/NC(=O)C(=O)Nc3ccccc3C(=O)Nc3ccccc3)cc2OC)cc1. The van der Waals surface area contributed by atoms with Gasteiger partial charge >= 0.3 is 17.8 Å². The highest BCUT2D eigenvalue weighted by atomic mass is 16.6. The van der Waals surface area contributed by atoms with E-state index in [1.54, 1.807) is 72.8 Å². The van der Waals surface area contributed by atoms with Gasteiger partial charge in [-0.25, -0.2) is 10.2 Å². The third kappa shape index (κ3) is 9.26. The van der Waals surface area contributed by atoms with Crippen LogP contribution in [0.15, 0.2) is 102 Å². The van der Waals surface area contributed by atoms with Crippen molar-refractivity contribution >= 4 is 41.3 Å². The first-order valence-electron chi connectivity index (χ1n) is 14.1. The Morgan fingerprint density at radius 2 is 1.53 bits per heavy atom. The summed E-state index contributed by atoms with van der Waals surface area (Å²) in [5.74, 6) is -2.00. The molecule has 0 aliphatic carbocycles. The van der Waals surface area contributed by atoms with E-state index in [0.29, 0.717) is 29.2 Å². The summed E-state index contributed by atoms with van der Waals surface area (Å²) in [5.41, 5.74) is 3.88. The lowest BCUT2D eigenvalue weighted by atomic mass is 10.1. The van der Waals surface area contributed by atoms with Crippen molar-refractivity contribution in [3.8, 4) is 17.2 Å². The predicted molar refractivity (Wildman–Crippen MR) is 170 cm³/mol. The normalized spacial score (nSPS) is 10.5. The van der Waals surface area contributed by atoms with Crippen LogP contribution in [0.25, 0.3) is 0 Å². The van der Waals surface area contributed by atoms with Gasteiger partial charge in [0.1, 0.15) is 5.75 Å². The van der Waals surface area contributed by atoms with Gasteiger partial charge < -0.3 is 24.8 Å². The zero-order chi connectivity index (χ0) is 32.0. The molecule has 0 bridgehead atoms. The van der Waals surface area contributed by atoms with E-state index in [9.17, 15) is 19.2 Å². The van der Waals surface area contributed by atoms with Crippen LogP contribution in [-0.4, -0.2) is 43.6 Å². The molecule has 4 aromatic rings. The predicted octanol–water partition coefficient (Wildman–Crippen LogP) is 5.43. The molecule has 0 aliphatic rings. The van der Waals surface area contributed by atoms with E-state index in [1.165, 1.54) is 31.5 Å². The Morgan fingerprint density at radius 1 is 0.800 bits per heavy atom. The summed E-state index contributed by atoms with van der Waals surface area (Å²) in [6, 6.07) is 26.4. The molecule has 45 heavy (non-hydrogen) atoms. The number of amides is 3. The fourth-order valence-electron chi connectivity index (χ4n) is 3.93. The van der Waals surface area contributed by atoms with E-state index in [2.05, 4.69) is 28.1 Å². The number of para-hydroxylation sites is 2. The van der Waals surface area contributed by atoms with Crippen LogP contribution in [0.1, 0.15) is 46.0 Å². The summed E-state index contributed by atoms with van der Waals surface area (Å²) >= 11 is 0. The quantitative estimate of drug-likeness (QED) is 0.0486. The zero-order valence-corrected chi connectivity index (χ0v) is 24.7. The maximum atomic E-state index is 12.7. The van der Waals surface area contributed by atoms with Crippen molar-refractivity contribution in [3.63, 3.8) is 0 Å². The topological polar surface area (TPSA) is 144 Å². The van der Waals surface area contributed by atoms with Crippen LogP contribution in [0.2, 0.25) is 0 Å². The molecule has 3 amide bonds. The van der Waals surface area contributed by atoms with Gasteiger partial charge in [0.2, 0.25) is 0 Å². The molecular weight excluding hydrogens is 576 g/mol. The lowest BCUT2D eigenvalue weighted by molar-refractivity contribution is -0.136. The second-order valence-electron chi connectivity index (χ2n) is 9.55. The fraction of sp³-hybridized carbons (Fsp3) is 0.147. The number of hydrogen-bond acceptors (Lipinski definition) is 8. The molecule has 0 saturated carbocycles. The molecule has 0 spiro atoms. The van der Waals surface area contributed by atoms with Crippen LogP contribution in [-0.2, 0) is 9.59 Å². The highest BCUT2D eigenvalue weighted by molar-refractivity contribution is 6.40. The average molecular weight is 609 g/mol. The molecule has 0 aliphatic heterocycles. The number of carbonyl (C=O) groups excluding carboxylic acids is 4. The number of nitrogens with zero attached hydrogens (tertiary/aromatic N) is 1. The number of carbonyl (C=O) groups is 4. The summed E-state index contributed by atoms with van der Waals surface area (Å²) in [5, 5.41) is 9.00. The molecule has 0 aromatic heterocycles. The minimum absolute atomic E-state index is 0.154. The van der Waals surface area contributed by atoms with Gasteiger partial charge in [0, 0.05) is 5.69 Å². The Bertz CT molecular complexity index is 1670. The number of hydrogen-bond donors (Lipinski definition) is 3. The highest BCUT2D eigenvalue weighted by Crippen LogP contribution is 2.28. The third-order valence-corrected chi connectivity index (χ3v) is 6.28. The van der Waals surface area contributed by atoms with Crippen molar-refractivity contribution < 1.29 is 33.4 Å². The molecule has 3 N–H and O–H groups in total. The first-order chi connectivity index (χ1) is 21.9. The number of hydrazone groups is 1. The molecule has 4 rings (SSSR count). The minimum atomic E-state index is -1.05. The molecule has 0 atom stereocenters. The zero-order valence-electron chi connectivity index (χ0n) is 24.7. The number of benzene rings is 4. The largest absolute Gasteiger partial charge is 0.494 e. The summed E-state index contributed by atoms with van der Waals surface area (Å²) in [6.07, 6.45) is 3.26. The smallest absolute Gasteiger partial charge is 0.343 e. The monoisotopic (exact) mass is 608 g/mol. The molecule has 0 radical (unpaired) electrons. The Hall–Kier alpha value is -5.97. The van der Waals surface area contributed by atoms with Crippen molar-refractivity contribution in [3.05, 3.63) is 114 Å². The van der Waals surface area contributed by atoms with Gasteiger partial charge in [0.15, 0.2) is 11.5 Å². The number of methoxy groups -OCH3 is 1. The second-order valence-corrected chi connectivity index (χ2v) is 9.55. The van der Waals surface area contributed by atoms with Crippen molar-refractivity contribution in [1.82, 2.24) is 5.43 Å². The van der Waals surface area contributed by atoms with Crippen LogP contribution >= 0.6 is 0 Å². The fourth-order valence-corrected chi connectivity index (χ4v) is 3.93. The third-order valence-electron chi connectivity index (χ3n) is 6.28. The van der Waals surface area contributed by atoms with E-state index in [4.69, 9.17) is 14.2 Å². The Morgan fingerprint density at radius 3 is 2.27 bits per heavy atom. The van der Waals surface area contributed by atoms with E-state index in [1.807, 2.05) is 6.07 Å². The van der Waals surface area contributed by atoms with Gasteiger partial charge in [-0.1, -0.05) is 43.7 Å². The number of esters is 1.